The SMILES string of the molecule is C[C@@H](C(=O)Nc1ccc(Cl)cc1Cl)[N+]12CCN(CC1)CC2. The molecule has 1 atom stereocenters. The van der Waals surface area contributed by atoms with Crippen LogP contribution in [-0.4, -0.2) is 60.6 Å². The van der Waals surface area contributed by atoms with E-state index in [-0.39, 0.29) is 11.9 Å². The topological polar surface area (TPSA) is 32.3 Å². The van der Waals surface area contributed by atoms with Crippen LogP contribution in [0.15, 0.2) is 18.2 Å². The minimum atomic E-state index is -0.0563. The van der Waals surface area contributed by atoms with Crippen molar-refractivity contribution in [2.75, 3.05) is 44.6 Å². The molecule has 0 aromatic heterocycles. The number of nitrogens with one attached hydrogen (secondary N) is 1. The van der Waals surface area contributed by atoms with Gasteiger partial charge in [-0.15, -0.1) is 0 Å². The molecule has 0 saturated carbocycles. The Hall–Kier alpha value is -0.810. The number of benzene rings is 1. The lowest BCUT2D eigenvalue weighted by atomic mass is 10.1. The van der Waals surface area contributed by atoms with Gasteiger partial charge in [-0.05, 0) is 25.1 Å². The first-order valence-electron chi connectivity index (χ1n) is 7.34. The van der Waals surface area contributed by atoms with Gasteiger partial charge in [0.1, 0.15) is 0 Å². The van der Waals surface area contributed by atoms with Crippen molar-refractivity contribution < 1.29 is 9.28 Å². The van der Waals surface area contributed by atoms with E-state index >= 15 is 0 Å². The summed E-state index contributed by atoms with van der Waals surface area (Å²) in [6, 6.07) is 5.08. The highest BCUT2D eigenvalue weighted by molar-refractivity contribution is 6.36. The maximum Gasteiger partial charge on any atom is 0.282 e. The molecule has 0 aliphatic carbocycles. The van der Waals surface area contributed by atoms with Crippen LogP contribution in [0.5, 0.6) is 0 Å². The Labute approximate surface area is 135 Å². The predicted octanol–water partition coefficient (Wildman–Crippen LogP) is 2.47. The number of anilines is 1. The maximum absolute atomic E-state index is 12.6. The first-order chi connectivity index (χ1) is 10.00. The lowest BCUT2D eigenvalue weighted by Crippen LogP contribution is -2.72. The lowest BCUT2D eigenvalue weighted by molar-refractivity contribution is -0.953. The Morgan fingerprint density at radius 1 is 1.24 bits per heavy atom. The quantitative estimate of drug-likeness (QED) is 0.864. The Bertz CT molecular complexity index is 542. The summed E-state index contributed by atoms with van der Waals surface area (Å²) in [6.07, 6.45) is 0. The molecule has 0 spiro atoms. The summed E-state index contributed by atoms with van der Waals surface area (Å²) in [5.41, 5.74) is 0.631. The molecule has 3 aliphatic rings. The van der Waals surface area contributed by atoms with E-state index in [0.29, 0.717) is 15.7 Å². The van der Waals surface area contributed by atoms with E-state index in [1.807, 2.05) is 6.92 Å². The van der Waals surface area contributed by atoms with Gasteiger partial charge in [0.05, 0.1) is 30.3 Å². The van der Waals surface area contributed by atoms with Crippen LogP contribution >= 0.6 is 23.2 Å². The van der Waals surface area contributed by atoms with E-state index in [1.54, 1.807) is 18.2 Å². The molecule has 1 N–H and O–H groups in total. The molecule has 0 unspecified atom stereocenters. The molecule has 4 nitrogen and oxygen atoms in total. The standard InChI is InChI=1S/C15H19Cl2N3O/c1-11(20-7-4-19(5-8-20)6-9-20)15(21)18-14-3-2-12(16)10-13(14)17/h2-3,10-11H,4-9H2,1H3/p+1/t11-/m0/s1. The van der Waals surface area contributed by atoms with Crippen LogP contribution in [0.2, 0.25) is 10.0 Å². The number of amides is 1. The van der Waals surface area contributed by atoms with E-state index < -0.39 is 0 Å². The smallest absolute Gasteiger partial charge is 0.282 e. The summed E-state index contributed by atoms with van der Waals surface area (Å²) in [5, 5.41) is 4.00. The number of nitrogens with zero attached hydrogens (tertiary/aromatic N) is 2. The maximum atomic E-state index is 12.6. The number of rotatable bonds is 3. The summed E-state index contributed by atoms with van der Waals surface area (Å²) < 4.78 is 0.896. The fourth-order valence-corrected chi connectivity index (χ4v) is 3.81. The number of hydrogen-bond acceptors (Lipinski definition) is 2. The third-order valence-electron chi connectivity index (χ3n) is 4.97. The lowest BCUT2D eigenvalue weighted by Gasteiger charge is -2.52. The van der Waals surface area contributed by atoms with Crippen LogP contribution < -0.4 is 5.32 Å². The number of carbonyl (C=O) groups excluding carboxylic acids is 1. The highest BCUT2D eigenvalue weighted by Crippen LogP contribution is 2.28. The molecule has 3 aliphatic heterocycles. The molecular weight excluding hydrogens is 309 g/mol. The van der Waals surface area contributed by atoms with Gasteiger partial charge in [0.25, 0.3) is 5.91 Å². The summed E-state index contributed by atoms with van der Waals surface area (Å²) in [5.74, 6) is 0.0366. The number of halogens is 2. The molecule has 3 heterocycles. The van der Waals surface area contributed by atoms with Gasteiger partial charge in [0.15, 0.2) is 6.04 Å². The summed E-state index contributed by atoms with van der Waals surface area (Å²) in [7, 11) is 0. The number of carbonyl (C=O) groups is 1. The largest absolute Gasteiger partial charge is 0.320 e. The molecule has 3 saturated heterocycles. The third-order valence-corrected chi connectivity index (χ3v) is 5.52. The minimum absolute atomic E-state index is 0.0366. The molecule has 2 bridgehead atoms. The molecule has 21 heavy (non-hydrogen) atoms. The average molecular weight is 329 g/mol. The average Bonchev–Trinajstić information content (AvgIpc) is 2.51. The van der Waals surface area contributed by atoms with Crippen LogP contribution in [0, 0.1) is 0 Å². The Balaban J connectivity index is 1.72. The van der Waals surface area contributed by atoms with Crippen molar-refractivity contribution in [3.63, 3.8) is 0 Å². The molecule has 114 valence electrons. The second kappa shape index (κ2) is 5.76. The normalized spacial score (nSPS) is 29.2. The van der Waals surface area contributed by atoms with Crippen molar-refractivity contribution in [3.8, 4) is 0 Å². The zero-order chi connectivity index (χ0) is 15.0. The highest BCUT2D eigenvalue weighted by Gasteiger charge is 2.45. The van der Waals surface area contributed by atoms with Crippen molar-refractivity contribution in [2.24, 2.45) is 0 Å². The number of piperazine rings is 3. The van der Waals surface area contributed by atoms with Gasteiger partial charge in [-0.25, -0.2) is 0 Å². The Kier molecular flexibility index (Phi) is 4.14. The summed E-state index contributed by atoms with van der Waals surface area (Å²) >= 11 is 12.0. The van der Waals surface area contributed by atoms with Gasteiger partial charge in [-0.3, -0.25) is 9.69 Å². The van der Waals surface area contributed by atoms with Crippen molar-refractivity contribution in [1.29, 1.82) is 0 Å². The van der Waals surface area contributed by atoms with Crippen LogP contribution in [-0.2, 0) is 4.79 Å². The minimum Gasteiger partial charge on any atom is -0.320 e. The van der Waals surface area contributed by atoms with E-state index in [9.17, 15) is 4.79 Å². The molecule has 1 aromatic rings. The highest BCUT2D eigenvalue weighted by atomic mass is 35.5. The van der Waals surface area contributed by atoms with Crippen molar-refractivity contribution >= 4 is 34.8 Å². The van der Waals surface area contributed by atoms with Crippen LogP contribution in [0.25, 0.3) is 0 Å². The van der Waals surface area contributed by atoms with Gasteiger partial charge in [-0.2, -0.15) is 0 Å². The zero-order valence-electron chi connectivity index (χ0n) is 12.1. The van der Waals surface area contributed by atoms with Crippen molar-refractivity contribution in [3.05, 3.63) is 28.2 Å². The second-order valence-electron chi connectivity index (χ2n) is 6.02. The van der Waals surface area contributed by atoms with Gasteiger partial charge in [-0.1, -0.05) is 23.2 Å². The van der Waals surface area contributed by atoms with Crippen LogP contribution in [0.1, 0.15) is 6.92 Å². The van der Waals surface area contributed by atoms with E-state index in [2.05, 4.69) is 10.2 Å². The van der Waals surface area contributed by atoms with Crippen LogP contribution in [0.3, 0.4) is 0 Å². The molecule has 6 heteroatoms. The van der Waals surface area contributed by atoms with E-state index in [4.69, 9.17) is 23.2 Å². The van der Waals surface area contributed by atoms with Gasteiger partial charge in [0.2, 0.25) is 0 Å². The molecule has 1 aromatic carbocycles. The second-order valence-corrected chi connectivity index (χ2v) is 6.86. The monoisotopic (exact) mass is 328 g/mol. The molecule has 0 radical (unpaired) electrons. The molecule has 3 fully saturated rings. The Morgan fingerprint density at radius 2 is 1.86 bits per heavy atom. The summed E-state index contributed by atoms with van der Waals surface area (Å²) in [4.78, 5) is 15.1. The zero-order valence-corrected chi connectivity index (χ0v) is 13.6. The Morgan fingerprint density at radius 3 is 2.43 bits per heavy atom. The van der Waals surface area contributed by atoms with Gasteiger partial charge in [0, 0.05) is 24.7 Å². The van der Waals surface area contributed by atoms with Crippen molar-refractivity contribution in [1.82, 2.24) is 4.90 Å². The summed E-state index contributed by atoms with van der Waals surface area (Å²) in [6.45, 7) is 8.49. The number of quaternary nitrogens is 1. The molecule has 4 rings (SSSR count). The van der Waals surface area contributed by atoms with Crippen molar-refractivity contribution in [2.45, 2.75) is 13.0 Å². The van der Waals surface area contributed by atoms with E-state index in [0.717, 1.165) is 43.8 Å². The number of fused-ring (bicyclic) bond motifs is 3. The van der Waals surface area contributed by atoms with Gasteiger partial charge >= 0.3 is 0 Å². The first kappa shape index (κ1) is 15.1. The fourth-order valence-electron chi connectivity index (χ4n) is 3.35. The fraction of sp³-hybridized carbons (Fsp3) is 0.533. The van der Waals surface area contributed by atoms with E-state index in [1.165, 1.54) is 0 Å². The van der Waals surface area contributed by atoms with Crippen LogP contribution in [0.4, 0.5) is 5.69 Å². The van der Waals surface area contributed by atoms with Gasteiger partial charge < -0.3 is 9.80 Å². The number of hydrogen-bond donors (Lipinski definition) is 1. The predicted molar refractivity (Wildman–Crippen MR) is 85.9 cm³/mol. The third kappa shape index (κ3) is 2.90. The first-order valence-corrected chi connectivity index (χ1v) is 8.10. The molecule has 1 amide bonds. The molecular formula is C15H20Cl2N3O+.